The van der Waals surface area contributed by atoms with Crippen LogP contribution in [0, 0.1) is 0 Å². The van der Waals surface area contributed by atoms with Gasteiger partial charge in [-0.15, -0.1) is 0 Å². The predicted octanol–water partition coefficient (Wildman–Crippen LogP) is 2.11. The van der Waals surface area contributed by atoms with E-state index >= 15 is 0 Å². The standard InChI is InChI=1S/C16H24N4O/c21-16(20-10-2-1-3-11-20)18-14-4-6-15(7-5-14)19-12-8-17-9-13-19/h4-7,17H,1-3,8-13H2,(H,18,21). The molecule has 0 saturated carbocycles. The van der Waals surface area contributed by atoms with Crippen LogP contribution >= 0.6 is 0 Å². The van der Waals surface area contributed by atoms with Crippen molar-refractivity contribution < 1.29 is 4.79 Å². The maximum atomic E-state index is 12.2. The summed E-state index contributed by atoms with van der Waals surface area (Å²) in [5.74, 6) is 0. The van der Waals surface area contributed by atoms with Gasteiger partial charge < -0.3 is 20.4 Å². The molecule has 5 heteroatoms. The molecule has 2 N–H and O–H groups in total. The maximum Gasteiger partial charge on any atom is 0.321 e. The smallest absolute Gasteiger partial charge is 0.321 e. The Morgan fingerprint density at radius 3 is 2.29 bits per heavy atom. The molecule has 0 bridgehead atoms. The molecule has 3 rings (SSSR count). The Kier molecular flexibility index (Phi) is 4.60. The van der Waals surface area contributed by atoms with Crippen LogP contribution in [0.5, 0.6) is 0 Å². The lowest BCUT2D eigenvalue weighted by Crippen LogP contribution is -2.43. The van der Waals surface area contributed by atoms with Crippen LogP contribution in [0.15, 0.2) is 24.3 Å². The summed E-state index contributed by atoms with van der Waals surface area (Å²) in [6.45, 7) is 5.91. The van der Waals surface area contributed by atoms with E-state index in [9.17, 15) is 4.79 Å². The number of amides is 2. The lowest BCUT2D eigenvalue weighted by atomic mass is 10.1. The molecule has 2 fully saturated rings. The molecule has 5 nitrogen and oxygen atoms in total. The van der Waals surface area contributed by atoms with Crippen molar-refractivity contribution in [2.45, 2.75) is 19.3 Å². The maximum absolute atomic E-state index is 12.2. The molecule has 2 aliphatic rings. The molecule has 2 heterocycles. The summed E-state index contributed by atoms with van der Waals surface area (Å²) in [5.41, 5.74) is 2.11. The van der Waals surface area contributed by atoms with E-state index in [1.807, 2.05) is 17.0 Å². The lowest BCUT2D eigenvalue weighted by Gasteiger charge is -2.29. The van der Waals surface area contributed by atoms with Gasteiger partial charge in [0.25, 0.3) is 0 Å². The van der Waals surface area contributed by atoms with Crippen molar-refractivity contribution in [1.82, 2.24) is 10.2 Å². The fourth-order valence-corrected chi connectivity index (χ4v) is 2.98. The molecule has 0 spiro atoms. The molecule has 21 heavy (non-hydrogen) atoms. The minimum atomic E-state index is 0.0321. The van der Waals surface area contributed by atoms with Gasteiger partial charge in [-0.3, -0.25) is 0 Å². The number of rotatable bonds is 2. The molecule has 0 atom stereocenters. The van der Waals surface area contributed by atoms with Gasteiger partial charge >= 0.3 is 6.03 Å². The van der Waals surface area contributed by atoms with Crippen LogP contribution in [0.4, 0.5) is 16.2 Å². The average molecular weight is 288 g/mol. The quantitative estimate of drug-likeness (QED) is 0.876. The van der Waals surface area contributed by atoms with Crippen LogP contribution in [0.3, 0.4) is 0 Å². The molecule has 1 aromatic rings. The zero-order chi connectivity index (χ0) is 14.5. The Hall–Kier alpha value is -1.75. The summed E-state index contributed by atoms with van der Waals surface area (Å²) >= 11 is 0. The van der Waals surface area contributed by atoms with Crippen LogP contribution in [0.2, 0.25) is 0 Å². The van der Waals surface area contributed by atoms with Crippen molar-refractivity contribution in [2.75, 3.05) is 49.5 Å². The van der Waals surface area contributed by atoms with E-state index in [-0.39, 0.29) is 6.03 Å². The number of carbonyl (C=O) groups excluding carboxylic acids is 1. The number of likely N-dealkylation sites (tertiary alicyclic amines) is 1. The van der Waals surface area contributed by atoms with Crippen LogP contribution in [-0.4, -0.2) is 50.2 Å². The fourth-order valence-electron chi connectivity index (χ4n) is 2.98. The summed E-state index contributed by atoms with van der Waals surface area (Å²) in [7, 11) is 0. The third kappa shape index (κ3) is 3.67. The number of urea groups is 1. The second-order valence-corrected chi connectivity index (χ2v) is 5.76. The highest BCUT2D eigenvalue weighted by Gasteiger charge is 2.16. The number of hydrogen-bond donors (Lipinski definition) is 2. The number of piperazine rings is 1. The summed E-state index contributed by atoms with van der Waals surface area (Å²) in [4.78, 5) is 16.4. The molecule has 0 aromatic heterocycles. The molecule has 2 aliphatic heterocycles. The van der Waals surface area contributed by atoms with Gasteiger partial charge in [-0.1, -0.05) is 0 Å². The largest absolute Gasteiger partial charge is 0.369 e. The Morgan fingerprint density at radius 2 is 1.62 bits per heavy atom. The number of nitrogens with zero attached hydrogens (tertiary/aromatic N) is 2. The topological polar surface area (TPSA) is 47.6 Å². The van der Waals surface area contributed by atoms with Crippen molar-refractivity contribution in [3.63, 3.8) is 0 Å². The molecule has 2 amide bonds. The van der Waals surface area contributed by atoms with E-state index in [2.05, 4.69) is 27.7 Å². The lowest BCUT2D eigenvalue weighted by molar-refractivity contribution is 0.200. The predicted molar refractivity (Wildman–Crippen MR) is 86.0 cm³/mol. The van der Waals surface area contributed by atoms with Gasteiger partial charge in [0.05, 0.1) is 0 Å². The van der Waals surface area contributed by atoms with Gasteiger partial charge in [0.1, 0.15) is 0 Å². The molecule has 1 aromatic carbocycles. The molecular formula is C16H24N4O. The highest BCUT2D eigenvalue weighted by molar-refractivity contribution is 5.89. The van der Waals surface area contributed by atoms with Crippen molar-refractivity contribution in [3.8, 4) is 0 Å². The van der Waals surface area contributed by atoms with Crippen LogP contribution < -0.4 is 15.5 Å². The van der Waals surface area contributed by atoms with Crippen molar-refractivity contribution in [1.29, 1.82) is 0 Å². The average Bonchev–Trinajstić information content (AvgIpc) is 2.57. The van der Waals surface area contributed by atoms with Gasteiger partial charge in [-0.2, -0.15) is 0 Å². The first kappa shape index (κ1) is 14.2. The minimum absolute atomic E-state index is 0.0321. The number of piperidine rings is 1. The SMILES string of the molecule is O=C(Nc1ccc(N2CCNCC2)cc1)N1CCCCC1. The van der Waals surface area contributed by atoms with Gasteiger partial charge in [0, 0.05) is 50.6 Å². The Balaban J connectivity index is 1.57. The normalized spacial score (nSPS) is 19.4. The second-order valence-electron chi connectivity index (χ2n) is 5.76. The van der Waals surface area contributed by atoms with Crippen LogP contribution in [0.25, 0.3) is 0 Å². The van der Waals surface area contributed by atoms with Gasteiger partial charge in [-0.05, 0) is 43.5 Å². The number of nitrogens with one attached hydrogen (secondary N) is 2. The Morgan fingerprint density at radius 1 is 0.952 bits per heavy atom. The summed E-state index contributed by atoms with van der Waals surface area (Å²) in [5, 5.41) is 6.35. The van der Waals surface area contributed by atoms with Crippen molar-refractivity contribution in [2.24, 2.45) is 0 Å². The number of benzene rings is 1. The Labute approximate surface area is 126 Å². The monoisotopic (exact) mass is 288 g/mol. The highest BCUT2D eigenvalue weighted by atomic mass is 16.2. The van der Waals surface area contributed by atoms with Crippen LogP contribution in [0.1, 0.15) is 19.3 Å². The summed E-state index contributed by atoms with van der Waals surface area (Å²) in [6.07, 6.45) is 3.48. The Bertz CT molecular complexity index is 462. The van der Waals surface area contributed by atoms with Gasteiger partial charge in [-0.25, -0.2) is 4.79 Å². The van der Waals surface area contributed by atoms with E-state index in [4.69, 9.17) is 0 Å². The minimum Gasteiger partial charge on any atom is -0.369 e. The molecule has 2 saturated heterocycles. The highest BCUT2D eigenvalue weighted by Crippen LogP contribution is 2.19. The first-order chi connectivity index (χ1) is 10.3. The number of hydrogen-bond acceptors (Lipinski definition) is 3. The molecular weight excluding hydrogens is 264 g/mol. The van der Waals surface area contributed by atoms with E-state index in [0.29, 0.717) is 0 Å². The van der Waals surface area contributed by atoms with Gasteiger partial charge in [0.15, 0.2) is 0 Å². The van der Waals surface area contributed by atoms with Gasteiger partial charge in [0.2, 0.25) is 0 Å². The van der Waals surface area contributed by atoms with Crippen molar-refractivity contribution >= 4 is 17.4 Å². The van der Waals surface area contributed by atoms with E-state index in [0.717, 1.165) is 57.8 Å². The zero-order valence-corrected chi connectivity index (χ0v) is 12.5. The molecule has 0 unspecified atom stereocenters. The zero-order valence-electron chi connectivity index (χ0n) is 12.5. The first-order valence-corrected chi connectivity index (χ1v) is 7.94. The number of anilines is 2. The summed E-state index contributed by atoms with van der Waals surface area (Å²) < 4.78 is 0. The third-order valence-electron chi connectivity index (χ3n) is 4.24. The first-order valence-electron chi connectivity index (χ1n) is 7.94. The van der Waals surface area contributed by atoms with E-state index < -0.39 is 0 Å². The summed E-state index contributed by atoms with van der Waals surface area (Å²) in [6, 6.07) is 8.22. The van der Waals surface area contributed by atoms with Crippen molar-refractivity contribution in [3.05, 3.63) is 24.3 Å². The number of carbonyl (C=O) groups is 1. The molecule has 0 radical (unpaired) electrons. The molecule has 114 valence electrons. The van der Waals surface area contributed by atoms with Crippen LogP contribution in [-0.2, 0) is 0 Å². The van der Waals surface area contributed by atoms with E-state index in [1.165, 1.54) is 12.1 Å². The second kappa shape index (κ2) is 6.80. The third-order valence-corrected chi connectivity index (χ3v) is 4.24. The fraction of sp³-hybridized carbons (Fsp3) is 0.562. The van der Waals surface area contributed by atoms with E-state index in [1.54, 1.807) is 0 Å². The molecule has 0 aliphatic carbocycles.